The summed E-state index contributed by atoms with van der Waals surface area (Å²) in [6, 6.07) is 14.1. The molecule has 1 saturated heterocycles. The minimum absolute atomic E-state index is 0.101. The third-order valence-electron chi connectivity index (χ3n) is 9.29. The van der Waals surface area contributed by atoms with Crippen LogP contribution in [0.1, 0.15) is 35.6 Å². The fourth-order valence-corrected chi connectivity index (χ4v) is 6.56. The number of H-pyrrole nitrogens is 1. The van der Waals surface area contributed by atoms with Crippen molar-refractivity contribution in [2.75, 3.05) is 46.5 Å². The number of hydrogen-bond acceptors (Lipinski definition) is 8. The molecule has 50 heavy (non-hydrogen) atoms. The summed E-state index contributed by atoms with van der Waals surface area (Å²) >= 11 is 0. The molecule has 1 aromatic heterocycles. The first-order chi connectivity index (χ1) is 24.2. The second-order valence-electron chi connectivity index (χ2n) is 13.2. The van der Waals surface area contributed by atoms with Gasteiger partial charge in [0, 0.05) is 57.4 Å². The van der Waals surface area contributed by atoms with Crippen molar-refractivity contribution in [2.24, 2.45) is 5.92 Å². The lowest BCUT2D eigenvalue weighted by Crippen LogP contribution is -2.56. The summed E-state index contributed by atoms with van der Waals surface area (Å²) in [4.78, 5) is 78.3. The second kappa shape index (κ2) is 16.0. The number of methoxy groups -OCH3 is 1. The molecule has 0 radical (unpaired) electrons. The molecule has 4 atom stereocenters. The number of carbonyl (C=O) groups excluding carboxylic acids is 5. The number of ether oxygens (including phenoxy) is 2. The summed E-state index contributed by atoms with van der Waals surface area (Å²) in [6.45, 7) is 0.143. The van der Waals surface area contributed by atoms with Crippen molar-refractivity contribution in [1.82, 2.24) is 35.7 Å². The standard InChI is InChI=1S/C36H43N7O7/c1-49-21-34(46)42-17-28-25-8-5-9-27(13-25)50-20-33(45)40-30(14-26-15-37-22-38-26)36(48)43(16-24-10-11-24)19-32(44)39-29(35(47)41-31(28)18-42)12-23-6-3-2-4-7-23/h2-9,13,15,22,24,28-31H,10-12,14,16-21H2,1H3,(H,37,38)(H,39,44)(H,40,45)(H,41,47)/t28-,29+,30+,31+/m1/s1. The maximum atomic E-state index is 14.1. The first-order valence-corrected chi connectivity index (χ1v) is 16.9. The summed E-state index contributed by atoms with van der Waals surface area (Å²) < 4.78 is 11.0. The average Bonchev–Trinajstić information content (AvgIpc) is 3.58. The summed E-state index contributed by atoms with van der Waals surface area (Å²) in [6.07, 6.45) is 5.28. The smallest absolute Gasteiger partial charge is 0.258 e. The van der Waals surface area contributed by atoms with Gasteiger partial charge in [-0.15, -0.1) is 0 Å². The lowest BCUT2D eigenvalue weighted by Gasteiger charge is -2.29. The molecule has 4 N–H and O–H groups in total. The summed E-state index contributed by atoms with van der Waals surface area (Å²) in [7, 11) is 1.45. The fourth-order valence-electron chi connectivity index (χ4n) is 6.56. The van der Waals surface area contributed by atoms with Crippen molar-refractivity contribution in [3.63, 3.8) is 0 Å². The van der Waals surface area contributed by atoms with E-state index in [0.29, 0.717) is 24.5 Å². The first-order valence-electron chi connectivity index (χ1n) is 16.9. The van der Waals surface area contributed by atoms with Gasteiger partial charge in [-0.25, -0.2) is 4.98 Å². The molecule has 0 spiro atoms. The number of aromatic amines is 1. The normalized spacial score (nSPS) is 23.5. The van der Waals surface area contributed by atoms with Crippen molar-refractivity contribution in [3.05, 3.63) is 83.9 Å². The Labute approximate surface area is 290 Å². The number of rotatable bonds is 8. The van der Waals surface area contributed by atoms with Crippen LogP contribution in [0.3, 0.4) is 0 Å². The van der Waals surface area contributed by atoms with E-state index in [9.17, 15) is 24.0 Å². The molecular weight excluding hydrogens is 642 g/mol. The number of imidazole rings is 1. The van der Waals surface area contributed by atoms with Gasteiger partial charge in [-0.05, 0) is 42.0 Å². The minimum atomic E-state index is -0.999. The number of nitrogens with zero attached hydrogens (tertiary/aromatic N) is 3. The molecule has 14 heteroatoms. The molecule has 3 aromatic rings. The van der Waals surface area contributed by atoms with E-state index < -0.39 is 41.8 Å². The number of amides is 5. The zero-order chi connectivity index (χ0) is 35.0. The van der Waals surface area contributed by atoms with Crippen LogP contribution in [-0.4, -0.2) is 114 Å². The Hall–Kier alpha value is -5.24. The van der Waals surface area contributed by atoms with Crippen LogP contribution < -0.4 is 20.7 Å². The first kappa shape index (κ1) is 34.6. The van der Waals surface area contributed by atoms with E-state index in [0.717, 1.165) is 24.0 Å². The van der Waals surface area contributed by atoms with Crippen LogP contribution in [0.4, 0.5) is 0 Å². The van der Waals surface area contributed by atoms with Gasteiger partial charge in [0.15, 0.2) is 6.61 Å². The monoisotopic (exact) mass is 685 g/mol. The zero-order valence-electron chi connectivity index (χ0n) is 28.0. The molecule has 14 nitrogen and oxygen atoms in total. The lowest BCUT2D eigenvalue weighted by atomic mass is 9.93. The van der Waals surface area contributed by atoms with E-state index >= 15 is 0 Å². The van der Waals surface area contributed by atoms with Crippen molar-refractivity contribution >= 4 is 29.5 Å². The van der Waals surface area contributed by atoms with E-state index in [-0.39, 0.29) is 56.9 Å². The highest BCUT2D eigenvalue weighted by molar-refractivity contribution is 5.93. The van der Waals surface area contributed by atoms with Gasteiger partial charge >= 0.3 is 0 Å². The predicted molar refractivity (Wildman–Crippen MR) is 181 cm³/mol. The van der Waals surface area contributed by atoms with Crippen LogP contribution in [0.25, 0.3) is 0 Å². The van der Waals surface area contributed by atoms with E-state index in [2.05, 4.69) is 25.9 Å². The minimum Gasteiger partial charge on any atom is -0.484 e. The number of likely N-dealkylation sites (tertiary alicyclic amines) is 1. The van der Waals surface area contributed by atoms with Gasteiger partial charge in [0.05, 0.1) is 18.9 Å². The van der Waals surface area contributed by atoms with Crippen LogP contribution in [-0.2, 0) is 41.6 Å². The maximum Gasteiger partial charge on any atom is 0.258 e. The Bertz CT molecular complexity index is 1660. The molecule has 2 aromatic carbocycles. The topological polar surface area (TPSA) is 175 Å². The van der Waals surface area contributed by atoms with Crippen molar-refractivity contribution in [1.29, 1.82) is 0 Å². The van der Waals surface area contributed by atoms with E-state index in [1.807, 2.05) is 36.4 Å². The Morgan fingerprint density at radius 3 is 2.48 bits per heavy atom. The van der Waals surface area contributed by atoms with Gasteiger partial charge in [-0.3, -0.25) is 24.0 Å². The van der Waals surface area contributed by atoms with Gasteiger partial charge in [0.1, 0.15) is 24.4 Å². The van der Waals surface area contributed by atoms with Gasteiger partial charge in [0.2, 0.25) is 23.6 Å². The molecule has 6 rings (SSSR count). The van der Waals surface area contributed by atoms with Crippen LogP contribution in [0.2, 0.25) is 0 Å². The number of benzene rings is 2. The highest BCUT2D eigenvalue weighted by atomic mass is 16.5. The molecule has 2 fully saturated rings. The fraction of sp³-hybridized carbons (Fsp3) is 0.444. The van der Waals surface area contributed by atoms with E-state index in [1.165, 1.54) is 18.3 Å². The van der Waals surface area contributed by atoms with Gasteiger partial charge in [0.25, 0.3) is 5.91 Å². The number of nitrogens with one attached hydrogen (secondary N) is 4. The second-order valence-corrected chi connectivity index (χ2v) is 13.2. The Morgan fingerprint density at radius 1 is 0.940 bits per heavy atom. The quantitative estimate of drug-likeness (QED) is 0.266. The average molecular weight is 686 g/mol. The molecular formula is C36H43N7O7. The number of fused-ring (bicyclic) bond motifs is 4. The molecule has 264 valence electrons. The van der Waals surface area contributed by atoms with Crippen molar-refractivity contribution < 1.29 is 33.4 Å². The van der Waals surface area contributed by atoms with Gasteiger partial charge in [-0.1, -0.05) is 42.5 Å². The Balaban J connectivity index is 1.33. The lowest BCUT2D eigenvalue weighted by molar-refractivity contribution is -0.140. The summed E-state index contributed by atoms with van der Waals surface area (Å²) in [5, 5.41) is 8.85. The van der Waals surface area contributed by atoms with Crippen LogP contribution in [0, 0.1) is 5.92 Å². The van der Waals surface area contributed by atoms with Crippen molar-refractivity contribution in [2.45, 2.75) is 49.7 Å². The largest absolute Gasteiger partial charge is 0.484 e. The third kappa shape index (κ3) is 9.05. The molecule has 2 bridgehead atoms. The number of aromatic nitrogens is 2. The van der Waals surface area contributed by atoms with E-state index in [1.54, 1.807) is 29.3 Å². The molecule has 5 amide bonds. The van der Waals surface area contributed by atoms with Crippen LogP contribution in [0.5, 0.6) is 5.75 Å². The highest BCUT2D eigenvalue weighted by Crippen LogP contribution is 2.31. The summed E-state index contributed by atoms with van der Waals surface area (Å²) in [5.74, 6) is -1.69. The highest BCUT2D eigenvalue weighted by Gasteiger charge is 2.39. The Kier molecular flexibility index (Phi) is 11.1. The maximum absolute atomic E-state index is 14.1. The molecule has 1 aliphatic carbocycles. The molecule has 3 heterocycles. The van der Waals surface area contributed by atoms with Crippen molar-refractivity contribution in [3.8, 4) is 5.75 Å². The van der Waals surface area contributed by atoms with Crippen LogP contribution in [0.15, 0.2) is 67.1 Å². The van der Waals surface area contributed by atoms with Gasteiger partial charge < -0.3 is 40.2 Å². The number of carbonyl (C=O) groups is 5. The third-order valence-corrected chi connectivity index (χ3v) is 9.29. The molecule has 0 unspecified atom stereocenters. The SMILES string of the molecule is COCC(=O)N1C[C@@H]2NC(=O)[C@H](Cc3ccccc3)NC(=O)CN(CC3CC3)C(=O)[C@H](Cc3cnc[nH]3)NC(=O)COc3cccc(c3)[C@H]2C1. The molecule has 2 aliphatic heterocycles. The van der Waals surface area contributed by atoms with Crippen LogP contribution >= 0.6 is 0 Å². The number of hydrogen-bond donors (Lipinski definition) is 4. The summed E-state index contributed by atoms with van der Waals surface area (Å²) in [5.41, 5.74) is 2.28. The predicted octanol–water partition coefficient (Wildman–Crippen LogP) is 0.553. The Morgan fingerprint density at radius 2 is 1.74 bits per heavy atom. The molecule has 3 aliphatic rings. The zero-order valence-corrected chi connectivity index (χ0v) is 28.0. The molecule has 1 saturated carbocycles. The van der Waals surface area contributed by atoms with E-state index in [4.69, 9.17) is 9.47 Å². The van der Waals surface area contributed by atoms with Gasteiger partial charge in [-0.2, -0.15) is 0 Å².